The number of nitrogens with one attached hydrogen (secondary N) is 1. The Morgan fingerprint density at radius 1 is 1.06 bits per heavy atom. The Labute approximate surface area is 196 Å². The average Bonchev–Trinajstić information content (AvgIpc) is 2.76. The van der Waals surface area contributed by atoms with Crippen LogP contribution in [0.3, 0.4) is 0 Å². The number of hydrogen-bond acceptors (Lipinski definition) is 4. The van der Waals surface area contributed by atoms with Crippen molar-refractivity contribution in [3.63, 3.8) is 0 Å². The molecule has 33 heavy (non-hydrogen) atoms. The third-order valence-corrected chi connectivity index (χ3v) is 7.35. The fourth-order valence-corrected chi connectivity index (χ4v) is 4.70. The minimum atomic E-state index is -2.52. The lowest BCUT2D eigenvalue weighted by molar-refractivity contribution is 0.587. The van der Waals surface area contributed by atoms with Crippen molar-refractivity contribution in [2.75, 3.05) is 18.6 Å². The van der Waals surface area contributed by atoms with Crippen molar-refractivity contribution >= 4 is 40.8 Å². The zero-order valence-corrected chi connectivity index (χ0v) is 20.3. The van der Waals surface area contributed by atoms with Crippen LogP contribution < -0.4 is 10.8 Å². The highest BCUT2D eigenvalue weighted by Crippen LogP contribution is 2.39. The van der Waals surface area contributed by atoms with Crippen molar-refractivity contribution < 1.29 is 13.3 Å². The van der Waals surface area contributed by atoms with Gasteiger partial charge in [-0.1, -0.05) is 35.9 Å². The molecule has 2 aromatic carbocycles. The smallest absolute Gasteiger partial charge is 0.133 e. The van der Waals surface area contributed by atoms with E-state index in [9.17, 15) is 8.96 Å². The predicted octanol–water partition coefficient (Wildman–Crippen LogP) is 6.96. The molecule has 0 saturated carbocycles. The summed E-state index contributed by atoms with van der Waals surface area (Å²) in [4.78, 5) is 8.71. The van der Waals surface area contributed by atoms with E-state index in [4.69, 9.17) is 11.6 Å². The second-order valence-corrected chi connectivity index (χ2v) is 11.9. The fourth-order valence-electron chi connectivity index (χ4n) is 3.73. The third kappa shape index (κ3) is 4.64. The topological polar surface area (TPSA) is 54.9 Å². The Bertz CT molecular complexity index is 1400. The minimum absolute atomic E-state index is 0.312. The van der Waals surface area contributed by atoms with Crippen LogP contribution in [0.25, 0.3) is 22.0 Å². The van der Waals surface area contributed by atoms with Crippen molar-refractivity contribution in [2.24, 2.45) is 0 Å². The van der Waals surface area contributed by atoms with Gasteiger partial charge in [0.2, 0.25) is 0 Å². The van der Waals surface area contributed by atoms with Crippen LogP contribution in [0.5, 0.6) is 0 Å². The van der Waals surface area contributed by atoms with E-state index in [0.29, 0.717) is 49.4 Å². The van der Waals surface area contributed by atoms with Crippen LogP contribution in [0, 0.1) is 18.6 Å². The molecule has 8 heteroatoms. The van der Waals surface area contributed by atoms with Crippen molar-refractivity contribution in [3.05, 3.63) is 82.6 Å². The highest BCUT2D eigenvalue weighted by atomic mass is 35.5. The molecular formula is C25H23ClF2N3OP. The van der Waals surface area contributed by atoms with Crippen molar-refractivity contribution in [1.29, 1.82) is 0 Å². The van der Waals surface area contributed by atoms with Crippen LogP contribution in [0.4, 0.5) is 14.5 Å². The fraction of sp³-hybridized carbons (Fsp3) is 0.200. The van der Waals surface area contributed by atoms with E-state index in [1.54, 1.807) is 56.7 Å². The number of aryl methyl sites for hydroxylation is 1. The van der Waals surface area contributed by atoms with Crippen molar-refractivity contribution in [2.45, 2.75) is 19.9 Å². The maximum atomic E-state index is 15.1. The highest BCUT2D eigenvalue weighted by Gasteiger charge is 2.19. The second kappa shape index (κ2) is 8.85. The molecule has 0 spiro atoms. The second-order valence-electron chi connectivity index (χ2n) is 8.38. The van der Waals surface area contributed by atoms with Crippen LogP contribution in [-0.4, -0.2) is 23.3 Å². The highest BCUT2D eigenvalue weighted by molar-refractivity contribution is 7.69. The molecule has 0 saturated heterocycles. The molecule has 4 aromatic rings. The number of nitrogens with zero attached hydrogens (tertiary/aromatic N) is 2. The number of aromatic nitrogens is 2. The Hall–Kier alpha value is -2.82. The Kier molecular flexibility index (Phi) is 6.26. The first-order valence-electron chi connectivity index (χ1n) is 10.4. The first kappa shape index (κ1) is 23.3. The minimum Gasteiger partial charge on any atom is -0.377 e. The first-order chi connectivity index (χ1) is 15.6. The van der Waals surface area contributed by atoms with Gasteiger partial charge in [0, 0.05) is 34.3 Å². The molecule has 0 aliphatic carbocycles. The largest absolute Gasteiger partial charge is 0.377 e. The van der Waals surface area contributed by atoms with Gasteiger partial charge in [0.15, 0.2) is 0 Å². The normalized spacial score (nSPS) is 12.7. The lowest BCUT2D eigenvalue weighted by atomic mass is 10.0. The van der Waals surface area contributed by atoms with Gasteiger partial charge in [-0.25, -0.2) is 8.78 Å². The van der Waals surface area contributed by atoms with Gasteiger partial charge in [-0.2, -0.15) is 0 Å². The number of benzene rings is 2. The Morgan fingerprint density at radius 2 is 1.79 bits per heavy atom. The molecule has 2 aromatic heterocycles. The van der Waals surface area contributed by atoms with E-state index < -0.39 is 19.0 Å². The number of hydrogen-bond donors (Lipinski definition) is 1. The molecule has 1 atom stereocenters. The van der Waals surface area contributed by atoms with E-state index in [1.807, 2.05) is 6.92 Å². The van der Waals surface area contributed by atoms with Crippen molar-refractivity contribution in [1.82, 2.24) is 9.97 Å². The van der Waals surface area contributed by atoms with Gasteiger partial charge < -0.3 is 9.88 Å². The van der Waals surface area contributed by atoms with E-state index in [0.717, 1.165) is 0 Å². The first-order valence-corrected chi connectivity index (χ1v) is 13.4. The monoisotopic (exact) mass is 485 g/mol. The number of anilines is 1. The van der Waals surface area contributed by atoms with Crippen LogP contribution in [0.2, 0.25) is 5.02 Å². The summed E-state index contributed by atoms with van der Waals surface area (Å²) >= 11 is 6.60. The van der Waals surface area contributed by atoms with Crippen LogP contribution >= 0.6 is 18.7 Å². The van der Waals surface area contributed by atoms with E-state index in [2.05, 4.69) is 15.3 Å². The molecule has 0 aliphatic heterocycles. The van der Waals surface area contributed by atoms with Gasteiger partial charge in [-0.05, 0) is 45.4 Å². The van der Waals surface area contributed by atoms with Crippen LogP contribution in [0.15, 0.2) is 54.7 Å². The van der Waals surface area contributed by atoms with Gasteiger partial charge >= 0.3 is 0 Å². The van der Waals surface area contributed by atoms with Crippen LogP contribution in [0.1, 0.15) is 24.2 Å². The molecule has 0 amide bonds. The number of rotatable bonds is 5. The summed E-state index contributed by atoms with van der Waals surface area (Å²) in [5.41, 5.74) is 3.33. The summed E-state index contributed by atoms with van der Waals surface area (Å²) in [6, 6.07) is 12.5. The van der Waals surface area contributed by atoms with Crippen LogP contribution in [-0.2, 0) is 4.57 Å². The molecule has 1 N–H and O–H groups in total. The number of fused-ring (bicyclic) bond motifs is 1. The number of halogens is 3. The zero-order chi connectivity index (χ0) is 23.9. The molecule has 4 rings (SSSR count). The molecule has 4 nitrogen and oxygen atoms in total. The molecule has 170 valence electrons. The SMILES string of the molecule is Cc1nc2cc(F)c(-c3ccc(P(C)(C)=O)nc3)cc2c(N[C@H](C)c2ccccc2F)c1Cl. The summed E-state index contributed by atoms with van der Waals surface area (Å²) in [6.07, 6.45) is 1.51. The summed E-state index contributed by atoms with van der Waals surface area (Å²) in [7, 11) is -2.52. The summed E-state index contributed by atoms with van der Waals surface area (Å²) in [5.74, 6) is -0.790. The molecular weight excluding hydrogens is 463 g/mol. The predicted molar refractivity (Wildman–Crippen MR) is 132 cm³/mol. The van der Waals surface area contributed by atoms with Gasteiger partial charge in [-0.3, -0.25) is 9.97 Å². The molecule has 0 fully saturated rings. The zero-order valence-electron chi connectivity index (χ0n) is 18.7. The summed E-state index contributed by atoms with van der Waals surface area (Å²) < 4.78 is 41.7. The van der Waals surface area contributed by atoms with Gasteiger partial charge in [0.25, 0.3) is 0 Å². The van der Waals surface area contributed by atoms with E-state index >= 15 is 4.39 Å². The molecule has 0 unspecified atom stereocenters. The summed E-state index contributed by atoms with van der Waals surface area (Å²) in [5, 5.41) is 4.28. The van der Waals surface area contributed by atoms with E-state index in [1.165, 1.54) is 18.3 Å². The Balaban J connectivity index is 1.84. The number of pyridine rings is 2. The molecule has 2 heterocycles. The third-order valence-electron chi connectivity index (χ3n) is 5.52. The van der Waals surface area contributed by atoms with E-state index in [-0.39, 0.29) is 5.82 Å². The quantitative estimate of drug-likeness (QED) is 0.310. The Morgan fingerprint density at radius 3 is 2.42 bits per heavy atom. The molecule has 0 bridgehead atoms. The molecule has 0 radical (unpaired) electrons. The lowest BCUT2D eigenvalue weighted by Gasteiger charge is -2.20. The lowest BCUT2D eigenvalue weighted by Crippen LogP contribution is -2.10. The summed E-state index contributed by atoms with van der Waals surface area (Å²) in [6.45, 7) is 6.84. The van der Waals surface area contributed by atoms with Gasteiger partial charge in [0.05, 0.1) is 33.4 Å². The van der Waals surface area contributed by atoms with Gasteiger partial charge in [0.1, 0.15) is 18.8 Å². The average molecular weight is 486 g/mol. The van der Waals surface area contributed by atoms with Gasteiger partial charge in [-0.15, -0.1) is 0 Å². The molecule has 0 aliphatic rings. The van der Waals surface area contributed by atoms with Crippen molar-refractivity contribution in [3.8, 4) is 11.1 Å². The maximum Gasteiger partial charge on any atom is 0.133 e. The standard InChI is InChI=1S/C25H23ClF2N3OP/c1-14(17-7-5-6-8-20(17)27)31-25-19-11-18(16-9-10-23(29-13-16)33(3,4)32)21(28)12-22(19)30-15(2)24(25)26/h5-14H,1-4H3,(H,30,31)/t14-/m1/s1. The maximum absolute atomic E-state index is 15.1.